The van der Waals surface area contributed by atoms with Gasteiger partial charge in [-0.15, -0.1) is 0 Å². The van der Waals surface area contributed by atoms with E-state index in [9.17, 15) is 4.79 Å². The van der Waals surface area contributed by atoms with Crippen LogP contribution in [-0.2, 0) is 4.79 Å². The van der Waals surface area contributed by atoms with E-state index in [0.717, 1.165) is 17.9 Å². The van der Waals surface area contributed by atoms with Crippen molar-refractivity contribution in [1.29, 1.82) is 0 Å². The molecular formula is C11H18N2O2S. The van der Waals surface area contributed by atoms with Crippen LogP contribution in [0.4, 0.5) is 0 Å². The second kappa shape index (κ2) is 5.94. The van der Waals surface area contributed by atoms with Crippen molar-refractivity contribution in [3.63, 3.8) is 0 Å². The van der Waals surface area contributed by atoms with Gasteiger partial charge in [0.15, 0.2) is 0 Å². The molecule has 1 heterocycles. The van der Waals surface area contributed by atoms with Gasteiger partial charge in [-0.25, -0.2) is 4.98 Å². The summed E-state index contributed by atoms with van der Waals surface area (Å²) in [5.41, 5.74) is 0.878. The molecule has 0 fully saturated rings. The number of rotatable bonds is 5. The van der Waals surface area contributed by atoms with Crippen LogP contribution in [0, 0.1) is 13.8 Å². The summed E-state index contributed by atoms with van der Waals surface area (Å²) in [6.45, 7) is 8.36. The van der Waals surface area contributed by atoms with Crippen LogP contribution in [0.3, 0.4) is 0 Å². The van der Waals surface area contributed by atoms with Crippen LogP contribution in [-0.4, -0.2) is 22.7 Å². The number of carbonyl (C=O) groups excluding carboxylic acids is 1. The van der Waals surface area contributed by atoms with E-state index in [1.54, 1.807) is 0 Å². The molecule has 16 heavy (non-hydrogen) atoms. The van der Waals surface area contributed by atoms with Crippen LogP contribution >= 0.6 is 11.8 Å². The van der Waals surface area contributed by atoms with Crippen molar-refractivity contribution >= 4 is 17.7 Å². The summed E-state index contributed by atoms with van der Waals surface area (Å²) in [6.07, 6.45) is 0.945. The van der Waals surface area contributed by atoms with E-state index in [1.807, 2.05) is 27.7 Å². The molecule has 0 aliphatic carbocycles. The van der Waals surface area contributed by atoms with E-state index in [0.29, 0.717) is 11.8 Å². The van der Waals surface area contributed by atoms with Crippen molar-refractivity contribution in [3.05, 3.63) is 11.5 Å². The topological polar surface area (TPSA) is 55.1 Å². The van der Waals surface area contributed by atoms with Gasteiger partial charge in [-0.2, -0.15) is 0 Å². The van der Waals surface area contributed by atoms with Gasteiger partial charge >= 0.3 is 0 Å². The van der Waals surface area contributed by atoms with E-state index in [2.05, 4.69) is 10.3 Å². The molecule has 0 aliphatic heterocycles. The molecule has 1 rings (SSSR count). The summed E-state index contributed by atoms with van der Waals surface area (Å²) < 4.78 is 5.41. The molecule has 1 amide bonds. The first-order chi connectivity index (χ1) is 7.54. The van der Waals surface area contributed by atoms with Gasteiger partial charge in [0.1, 0.15) is 5.76 Å². The molecule has 1 aromatic heterocycles. The Bertz CT molecular complexity index is 343. The lowest BCUT2D eigenvalue weighted by Crippen LogP contribution is -2.31. The van der Waals surface area contributed by atoms with E-state index in [-0.39, 0.29) is 11.2 Å². The number of aromatic nitrogens is 1. The number of hydrogen-bond acceptors (Lipinski definition) is 4. The minimum absolute atomic E-state index is 0.0281. The van der Waals surface area contributed by atoms with Crippen molar-refractivity contribution in [1.82, 2.24) is 10.3 Å². The Labute approximate surface area is 100 Å². The Kier molecular flexibility index (Phi) is 4.86. The molecule has 1 aromatic rings. The van der Waals surface area contributed by atoms with Gasteiger partial charge in [-0.1, -0.05) is 18.7 Å². The van der Waals surface area contributed by atoms with Crippen LogP contribution < -0.4 is 5.32 Å². The van der Waals surface area contributed by atoms with E-state index >= 15 is 0 Å². The summed E-state index contributed by atoms with van der Waals surface area (Å²) >= 11 is 1.35. The highest BCUT2D eigenvalue weighted by Gasteiger charge is 2.17. The van der Waals surface area contributed by atoms with Crippen LogP contribution in [0.2, 0.25) is 0 Å². The molecular weight excluding hydrogens is 224 g/mol. The van der Waals surface area contributed by atoms with Crippen molar-refractivity contribution < 1.29 is 9.21 Å². The monoisotopic (exact) mass is 242 g/mol. The molecule has 1 atom stereocenters. The number of oxazole rings is 1. The number of aryl methyl sites for hydroxylation is 2. The lowest BCUT2D eigenvalue weighted by Gasteiger charge is -2.08. The van der Waals surface area contributed by atoms with Gasteiger partial charge in [0, 0.05) is 6.54 Å². The molecule has 0 aromatic carbocycles. The van der Waals surface area contributed by atoms with Gasteiger partial charge in [0.2, 0.25) is 5.91 Å². The third-order valence-electron chi connectivity index (χ3n) is 2.20. The van der Waals surface area contributed by atoms with Crippen molar-refractivity contribution in [3.8, 4) is 0 Å². The zero-order chi connectivity index (χ0) is 12.1. The minimum atomic E-state index is -0.177. The lowest BCUT2D eigenvalue weighted by atomic mass is 10.4. The van der Waals surface area contributed by atoms with Gasteiger partial charge in [-0.05, 0) is 27.2 Å². The average Bonchev–Trinajstić information content (AvgIpc) is 2.54. The maximum Gasteiger partial charge on any atom is 0.256 e. The largest absolute Gasteiger partial charge is 0.437 e. The maximum atomic E-state index is 11.6. The third-order valence-corrected chi connectivity index (χ3v) is 3.15. The molecule has 5 heteroatoms. The maximum absolute atomic E-state index is 11.6. The third kappa shape index (κ3) is 3.56. The van der Waals surface area contributed by atoms with E-state index < -0.39 is 0 Å². The zero-order valence-electron chi connectivity index (χ0n) is 10.2. The van der Waals surface area contributed by atoms with Crippen molar-refractivity contribution in [2.75, 3.05) is 6.54 Å². The van der Waals surface area contributed by atoms with Crippen LogP contribution in [0.5, 0.6) is 0 Å². The number of nitrogens with zero attached hydrogens (tertiary/aromatic N) is 1. The molecule has 0 saturated heterocycles. The number of nitrogens with one attached hydrogen (secondary N) is 1. The second-order valence-electron chi connectivity index (χ2n) is 3.67. The fourth-order valence-electron chi connectivity index (χ4n) is 1.09. The standard InChI is InChI=1S/C11H18N2O2S/c1-5-6-12-10(14)9(4)16-11-13-7(2)8(3)15-11/h9H,5-6H2,1-4H3,(H,12,14)/t9-/m0/s1. The quantitative estimate of drug-likeness (QED) is 0.805. The highest BCUT2D eigenvalue weighted by Crippen LogP contribution is 2.24. The molecule has 0 unspecified atom stereocenters. The fraction of sp³-hybridized carbons (Fsp3) is 0.636. The number of thioether (sulfide) groups is 1. The number of hydrogen-bond donors (Lipinski definition) is 1. The highest BCUT2D eigenvalue weighted by molar-refractivity contribution is 8.00. The Morgan fingerprint density at radius 3 is 2.75 bits per heavy atom. The summed E-state index contributed by atoms with van der Waals surface area (Å²) in [6, 6.07) is 0. The predicted octanol–water partition coefficient (Wildman–Crippen LogP) is 2.30. The van der Waals surface area contributed by atoms with E-state index in [4.69, 9.17) is 4.42 Å². The minimum Gasteiger partial charge on any atom is -0.437 e. The molecule has 0 spiro atoms. The van der Waals surface area contributed by atoms with Crippen LogP contribution in [0.25, 0.3) is 0 Å². The summed E-state index contributed by atoms with van der Waals surface area (Å²) in [5, 5.41) is 3.23. The Morgan fingerprint density at radius 2 is 2.25 bits per heavy atom. The first-order valence-corrected chi connectivity index (χ1v) is 6.31. The number of amides is 1. The van der Waals surface area contributed by atoms with Gasteiger partial charge in [0.25, 0.3) is 5.22 Å². The molecule has 0 saturated carbocycles. The Balaban J connectivity index is 2.50. The highest BCUT2D eigenvalue weighted by atomic mass is 32.2. The number of carbonyl (C=O) groups is 1. The van der Waals surface area contributed by atoms with Gasteiger partial charge < -0.3 is 9.73 Å². The fourth-order valence-corrected chi connectivity index (χ4v) is 1.95. The molecule has 90 valence electrons. The summed E-state index contributed by atoms with van der Waals surface area (Å²) in [7, 11) is 0. The Hall–Kier alpha value is -0.970. The lowest BCUT2D eigenvalue weighted by molar-refractivity contribution is -0.120. The summed E-state index contributed by atoms with van der Waals surface area (Å²) in [4.78, 5) is 15.8. The normalized spacial score (nSPS) is 12.5. The van der Waals surface area contributed by atoms with E-state index in [1.165, 1.54) is 11.8 Å². The van der Waals surface area contributed by atoms with Crippen LogP contribution in [0.15, 0.2) is 9.64 Å². The summed E-state index contributed by atoms with van der Waals surface area (Å²) in [5.74, 6) is 0.837. The Morgan fingerprint density at radius 1 is 1.56 bits per heavy atom. The SMILES string of the molecule is CCCNC(=O)[C@H](C)Sc1nc(C)c(C)o1. The smallest absolute Gasteiger partial charge is 0.256 e. The first-order valence-electron chi connectivity index (χ1n) is 5.43. The molecule has 1 N–H and O–H groups in total. The average molecular weight is 242 g/mol. The van der Waals surface area contributed by atoms with Crippen molar-refractivity contribution in [2.24, 2.45) is 0 Å². The van der Waals surface area contributed by atoms with Gasteiger partial charge in [-0.3, -0.25) is 4.79 Å². The second-order valence-corrected chi connectivity index (χ2v) is 4.96. The molecule has 4 nitrogen and oxygen atoms in total. The molecule has 0 radical (unpaired) electrons. The molecule has 0 aliphatic rings. The zero-order valence-corrected chi connectivity index (χ0v) is 11.0. The molecule has 0 bridgehead atoms. The first kappa shape index (κ1) is 13.1. The van der Waals surface area contributed by atoms with Crippen molar-refractivity contribution in [2.45, 2.75) is 44.6 Å². The van der Waals surface area contributed by atoms with Crippen LogP contribution in [0.1, 0.15) is 31.7 Å². The van der Waals surface area contributed by atoms with Gasteiger partial charge in [0.05, 0.1) is 10.9 Å². The predicted molar refractivity (Wildman–Crippen MR) is 64.6 cm³/mol.